The molecule has 146 valence electrons. The van der Waals surface area contributed by atoms with Crippen molar-refractivity contribution in [1.29, 1.82) is 0 Å². The van der Waals surface area contributed by atoms with Crippen LogP contribution in [0.25, 0.3) is 11.1 Å². The lowest BCUT2D eigenvalue weighted by Gasteiger charge is -2.09. The number of rotatable bonds is 5. The molecule has 0 radical (unpaired) electrons. The highest BCUT2D eigenvalue weighted by molar-refractivity contribution is 6.33. The van der Waals surface area contributed by atoms with Gasteiger partial charge in [-0.3, -0.25) is 20.4 Å². The molecule has 0 saturated carbocycles. The smallest absolute Gasteiger partial charge is 0.338 e. The number of amides is 2. The molecule has 3 rings (SSSR count). The van der Waals surface area contributed by atoms with Crippen LogP contribution in [0, 0.1) is 0 Å². The predicted molar refractivity (Wildman–Crippen MR) is 109 cm³/mol. The van der Waals surface area contributed by atoms with Gasteiger partial charge < -0.3 is 4.74 Å². The molecule has 0 aliphatic rings. The van der Waals surface area contributed by atoms with Crippen LogP contribution < -0.4 is 10.9 Å². The first-order valence-corrected chi connectivity index (χ1v) is 9.09. The fourth-order valence-electron chi connectivity index (χ4n) is 2.52. The molecular formula is C22H17ClN2O4. The summed E-state index contributed by atoms with van der Waals surface area (Å²) in [5.74, 6) is -1.90. The van der Waals surface area contributed by atoms with Gasteiger partial charge in [0.1, 0.15) is 0 Å². The zero-order valence-corrected chi connectivity index (χ0v) is 16.0. The Hall–Kier alpha value is -3.64. The number of nitrogens with one attached hydrogen (secondary N) is 2. The van der Waals surface area contributed by atoms with Crippen LogP contribution >= 0.6 is 11.6 Å². The summed E-state index contributed by atoms with van der Waals surface area (Å²) in [4.78, 5) is 35.9. The Morgan fingerprint density at radius 1 is 0.759 bits per heavy atom. The summed E-state index contributed by atoms with van der Waals surface area (Å²) in [5.41, 5.74) is 6.90. The molecule has 0 spiro atoms. The number of hydrogen-bond donors (Lipinski definition) is 2. The van der Waals surface area contributed by atoms with Crippen LogP contribution in [0.15, 0.2) is 78.9 Å². The maximum absolute atomic E-state index is 12.1. The molecule has 7 heteroatoms. The normalized spacial score (nSPS) is 10.1. The highest BCUT2D eigenvalue weighted by Gasteiger charge is 2.13. The summed E-state index contributed by atoms with van der Waals surface area (Å²) in [7, 11) is 0. The van der Waals surface area contributed by atoms with E-state index in [-0.39, 0.29) is 10.6 Å². The van der Waals surface area contributed by atoms with Gasteiger partial charge in [0.25, 0.3) is 11.8 Å². The number of carbonyl (C=O) groups is 3. The van der Waals surface area contributed by atoms with Crippen molar-refractivity contribution in [3.8, 4) is 11.1 Å². The number of hydrogen-bond acceptors (Lipinski definition) is 4. The molecule has 2 N–H and O–H groups in total. The Morgan fingerprint density at radius 3 is 2.07 bits per heavy atom. The second-order valence-corrected chi connectivity index (χ2v) is 6.41. The van der Waals surface area contributed by atoms with Gasteiger partial charge in [0.2, 0.25) is 0 Å². The standard InChI is InChI=1S/C22H17ClN2O4/c23-19-9-5-4-8-18(19)21(27)25-24-20(26)14-29-22(28)17-12-10-16(11-13-17)15-6-2-1-3-7-15/h1-13H,14H2,(H,24,26)(H,25,27). The Kier molecular flexibility index (Phi) is 6.60. The maximum Gasteiger partial charge on any atom is 0.338 e. The van der Waals surface area contributed by atoms with Crippen LogP contribution in [0.1, 0.15) is 20.7 Å². The van der Waals surface area contributed by atoms with E-state index < -0.39 is 24.4 Å². The van der Waals surface area contributed by atoms with Gasteiger partial charge in [-0.25, -0.2) is 4.79 Å². The van der Waals surface area contributed by atoms with Crippen molar-refractivity contribution in [2.75, 3.05) is 6.61 Å². The van der Waals surface area contributed by atoms with Crippen molar-refractivity contribution in [3.05, 3.63) is 95.0 Å². The van der Waals surface area contributed by atoms with Crippen LogP contribution in [-0.4, -0.2) is 24.4 Å². The summed E-state index contributed by atoms with van der Waals surface area (Å²) in [5, 5.41) is 0.254. The van der Waals surface area contributed by atoms with E-state index in [2.05, 4.69) is 10.9 Å². The quantitative estimate of drug-likeness (QED) is 0.498. The molecular weight excluding hydrogens is 392 g/mol. The van der Waals surface area contributed by atoms with Crippen molar-refractivity contribution in [2.24, 2.45) is 0 Å². The van der Waals surface area contributed by atoms with E-state index in [1.807, 2.05) is 30.3 Å². The SMILES string of the molecule is O=C(COC(=O)c1ccc(-c2ccccc2)cc1)NNC(=O)c1ccccc1Cl. The van der Waals surface area contributed by atoms with Crippen LogP contribution in [0.5, 0.6) is 0 Å². The molecule has 0 heterocycles. The molecule has 0 aliphatic carbocycles. The first-order valence-electron chi connectivity index (χ1n) is 8.71. The number of benzene rings is 3. The maximum atomic E-state index is 12.1. The minimum atomic E-state index is -0.681. The molecule has 3 aromatic rings. The fourth-order valence-corrected chi connectivity index (χ4v) is 2.74. The van der Waals surface area contributed by atoms with Crippen molar-refractivity contribution in [1.82, 2.24) is 10.9 Å². The van der Waals surface area contributed by atoms with Gasteiger partial charge in [-0.2, -0.15) is 0 Å². The first kappa shape index (κ1) is 20.1. The minimum absolute atomic E-state index is 0.213. The summed E-state index contributed by atoms with van der Waals surface area (Å²) in [6, 6.07) is 23.0. The first-order chi connectivity index (χ1) is 14.0. The number of hydrazine groups is 1. The van der Waals surface area contributed by atoms with E-state index in [4.69, 9.17) is 16.3 Å². The van der Waals surface area contributed by atoms with Crippen molar-refractivity contribution < 1.29 is 19.1 Å². The molecule has 0 bridgehead atoms. The van der Waals surface area contributed by atoms with Gasteiger partial charge in [-0.15, -0.1) is 0 Å². The zero-order valence-electron chi connectivity index (χ0n) is 15.2. The van der Waals surface area contributed by atoms with Crippen molar-refractivity contribution in [2.45, 2.75) is 0 Å². The number of carbonyl (C=O) groups excluding carboxylic acids is 3. The van der Waals surface area contributed by atoms with Crippen molar-refractivity contribution in [3.63, 3.8) is 0 Å². The summed E-state index contributed by atoms with van der Waals surface area (Å²) in [6.45, 7) is -0.540. The number of ether oxygens (including phenoxy) is 1. The van der Waals surface area contributed by atoms with Gasteiger partial charge in [-0.05, 0) is 35.4 Å². The van der Waals surface area contributed by atoms with Crippen LogP contribution in [-0.2, 0) is 9.53 Å². The third-order valence-corrected chi connectivity index (χ3v) is 4.33. The van der Waals surface area contributed by atoms with Crippen LogP contribution in [0.3, 0.4) is 0 Å². The average molecular weight is 409 g/mol. The minimum Gasteiger partial charge on any atom is -0.452 e. The van der Waals surface area contributed by atoms with E-state index >= 15 is 0 Å². The summed E-state index contributed by atoms with van der Waals surface area (Å²) in [6.07, 6.45) is 0. The molecule has 0 atom stereocenters. The monoisotopic (exact) mass is 408 g/mol. The second-order valence-electron chi connectivity index (χ2n) is 6.00. The van der Waals surface area contributed by atoms with E-state index in [1.165, 1.54) is 6.07 Å². The molecule has 2 amide bonds. The predicted octanol–water partition coefficient (Wildman–Crippen LogP) is 3.63. The van der Waals surface area contributed by atoms with E-state index in [9.17, 15) is 14.4 Å². The largest absolute Gasteiger partial charge is 0.452 e. The topological polar surface area (TPSA) is 84.5 Å². The second kappa shape index (κ2) is 9.52. The molecule has 0 saturated heterocycles. The lowest BCUT2D eigenvalue weighted by Crippen LogP contribution is -2.43. The Morgan fingerprint density at radius 2 is 1.38 bits per heavy atom. The third kappa shape index (κ3) is 5.43. The number of halogens is 1. The van der Waals surface area contributed by atoms with Gasteiger partial charge in [-0.1, -0.05) is 66.2 Å². The highest BCUT2D eigenvalue weighted by Crippen LogP contribution is 2.19. The molecule has 6 nitrogen and oxygen atoms in total. The Labute approximate surface area is 172 Å². The highest BCUT2D eigenvalue weighted by atomic mass is 35.5. The van der Waals surface area contributed by atoms with E-state index in [0.29, 0.717) is 5.56 Å². The molecule has 0 unspecified atom stereocenters. The molecule has 0 aliphatic heterocycles. The average Bonchev–Trinajstić information content (AvgIpc) is 2.77. The lowest BCUT2D eigenvalue weighted by atomic mass is 10.0. The summed E-state index contributed by atoms with van der Waals surface area (Å²) < 4.78 is 4.97. The molecule has 29 heavy (non-hydrogen) atoms. The summed E-state index contributed by atoms with van der Waals surface area (Å²) >= 11 is 5.91. The molecule has 3 aromatic carbocycles. The van der Waals surface area contributed by atoms with Crippen LogP contribution in [0.4, 0.5) is 0 Å². The van der Waals surface area contributed by atoms with Gasteiger partial charge in [0.05, 0.1) is 16.1 Å². The van der Waals surface area contributed by atoms with E-state index in [0.717, 1.165) is 11.1 Å². The van der Waals surface area contributed by atoms with Gasteiger partial charge in [0.15, 0.2) is 6.61 Å². The fraction of sp³-hybridized carbons (Fsp3) is 0.0455. The third-order valence-electron chi connectivity index (χ3n) is 4.00. The Balaban J connectivity index is 1.48. The van der Waals surface area contributed by atoms with Crippen LogP contribution in [0.2, 0.25) is 5.02 Å². The van der Waals surface area contributed by atoms with Gasteiger partial charge in [0, 0.05) is 0 Å². The zero-order chi connectivity index (χ0) is 20.6. The lowest BCUT2D eigenvalue weighted by molar-refractivity contribution is -0.125. The van der Waals surface area contributed by atoms with E-state index in [1.54, 1.807) is 42.5 Å². The van der Waals surface area contributed by atoms with Gasteiger partial charge >= 0.3 is 5.97 Å². The molecule has 0 aromatic heterocycles. The van der Waals surface area contributed by atoms with Crippen molar-refractivity contribution >= 4 is 29.4 Å². The number of esters is 1. The Bertz CT molecular complexity index is 1020. The molecule has 0 fully saturated rings.